The van der Waals surface area contributed by atoms with Crippen molar-refractivity contribution in [2.24, 2.45) is 5.73 Å². The SMILES string of the molecule is CC(=O)c1cc(Br)sc1NC(N)=O. The number of thiophene rings is 1. The van der Waals surface area contributed by atoms with Crippen LogP contribution in [0.1, 0.15) is 17.3 Å². The van der Waals surface area contributed by atoms with E-state index in [2.05, 4.69) is 21.2 Å². The number of ketones is 1. The predicted molar refractivity (Wildman–Crippen MR) is 55.2 cm³/mol. The topological polar surface area (TPSA) is 72.2 Å². The van der Waals surface area contributed by atoms with Crippen LogP contribution < -0.4 is 11.1 Å². The number of Topliss-reactive ketones (excluding diaryl/α,β-unsaturated/α-hetero) is 1. The van der Waals surface area contributed by atoms with E-state index in [1.807, 2.05) is 0 Å². The average molecular weight is 263 g/mol. The largest absolute Gasteiger partial charge is 0.351 e. The van der Waals surface area contributed by atoms with Gasteiger partial charge in [0.25, 0.3) is 0 Å². The van der Waals surface area contributed by atoms with E-state index in [0.717, 1.165) is 3.79 Å². The molecular formula is C7H7BrN2O2S. The lowest BCUT2D eigenvalue weighted by molar-refractivity contribution is 0.101. The van der Waals surface area contributed by atoms with Crippen LogP contribution >= 0.6 is 27.3 Å². The summed E-state index contributed by atoms with van der Waals surface area (Å²) in [6.45, 7) is 1.43. The first-order valence-corrected chi connectivity index (χ1v) is 4.98. The van der Waals surface area contributed by atoms with Crippen molar-refractivity contribution < 1.29 is 9.59 Å². The van der Waals surface area contributed by atoms with Crippen LogP contribution in [0.2, 0.25) is 0 Å². The van der Waals surface area contributed by atoms with E-state index in [9.17, 15) is 9.59 Å². The minimum Gasteiger partial charge on any atom is -0.351 e. The Balaban J connectivity index is 3.04. The molecule has 13 heavy (non-hydrogen) atoms. The van der Waals surface area contributed by atoms with E-state index in [-0.39, 0.29) is 5.78 Å². The molecule has 1 rings (SSSR count). The molecule has 1 aromatic rings. The molecule has 0 fully saturated rings. The van der Waals surface area contributed by atoms with Gasteiger partial charge in [-0.05, 0) is 28.9 Å². The molecule has 1 aromatic heterocycles. The highest BCUT2D eigenvalue weighted by Crippen LogP contribution is 2.32. The summed E-state index contributed by atoms with van der Waals surface area (Å²) in [4.78, 5) is 21.6. The molecule has 0 spiro atoms. The molecule has 0 aliphatic heterocycles. The number of anilines is 1. The molecule has 0 unspecified atom stereocenters. The third-order valence-corrected chi connectivity index (χ3v) is 2.87. The van der Waals surface area contributed by atoms with Gasteiger partial charge in [-0.3, -0.25) is 10.1 Å². The molecule has 0 saturated carbocycles. The number of carbonyl (C=O) groups is 2. The summed E-state index contributed by atoms with van der Waals surface area (Å²) in [6, 6.07) is 0.981. The van der Waals surface area contributed by atoms with Gasteiger partial charge in [0.05, 0.1) is 9.35 Å². The van der Waals surface area contributed by atoms with Crippen LogP contribution in [-0.4, -0.2) is 11.8 Å². The first-order valence-electron chi connectivity index (χ1n) is 3.37. The predicted octanol–water partition coefficient (Wildman–Crippen LogP) is 2.20. The molecule has 0 aliphatic carbocycles. The molecule has 6 heteroatoms. The van der Waals surface area contributed by atoms with Gasteiger partial charge in [0.2, 0.25) is 0 Å². The number of amides is 2. The number of halogens is 1. The lowest BCUT2D eigenvalue weighted by atomic mass is 10.2. The Hall–Kier alpha value is -0.880. The molecule has 0 aromatic carbocycles. The van der Waals surface area contributed by atoms with Crippen molar-refractivity contribution in [3.8, 4) is 0 Å². The second-order valence-corrected chi connectivity index (χ2v) is 4.77. The molecule has 0 radical (unpaired) electrons. The lowest BCUT2D eigenvalue weighted by Gasteiger charge is -1.98. The van der Waals surface area contributed by atoms with Crippen LogP contribution in [0, 0.1) is 0 Å². The number of hydrogen-bond acceptors (Lipinski definition) is 3. The average Bonchev–Trinajstić information content (AvgIpc) is 2.29. The van der Waals surface area contributed by atoms with Crippen LogP contribution in [0.3, 0.4) is 0 Å². The first kappa shape index (κ1) is 10.2. The maximum absolute atomic E-state index is 11.1. The van der Waals surface area contributed by atoms with Crippen molar-refractivity contribution in [2.75, 3.05) is 5.32 Å². The van der Waals surface area contributed by atoms with Crippen LogP contribution in [0.15, 0.2) is 9.85 Å². The third-order valence-electron chi connectivity index (χ3n) is 1.32. The fraction of sp³-hybridized carbons (Fsp3) is 0.143. The third kappa shape index (κ3) is 2.53. The van der Waals surface area contributed by atoms with Crippen LogP contribution in [0.25, 0.3) is 0 Å². The van der Waals surface area contributed by atoms with Gasteiger partial charge in [-0.1, -0.05) is 0 Å². The van der Waals surface area contributed by atoms with Gasteiger partial charge in [0.1, 0.15) is 5.00 Å². The number of hydrogen-bond donors (Lipinski definition) is 2. The van der Waals surface area contributed by atoms with Gasteiger partial charge in [-0.15, -0.1) is 11.3 Å². The van der Waals surface area contributed by atoms with E-state index < -0.39 is 6.03 Å². The molecule has 0 aliphatic rings. The van der Waals surface area contributed by atoms with Crippen LogP contribution in [0.4, 0.5) is 9.80 Å². The van der Waals surface area contributed by atoms with Crippen molar-refractivity contribution >= 4 is 44.1 Å². The molecule has 70 valence electrons. The number of rotatable bonds is 2. The number of nitrogens with one attached hydrogen (secondary N) is 1. The highest BCUT2D eigenvalue weighted by Gasteiger charge is 2.12. The minimum atomic E-state index is -0.670. The molecule has 3 N–H and O–H groups in total. The van der Waals surface area contributed by atoms with E-state index in [0.29, 0.717) is 10.6 Å². The van der Waals surface area contributed by atoms with E-state index in [1.54, 1.807) is 6.07 Å². The van der Waals surface area contributed by atoms with E-state index in [1.165, 1.54) is 18.3 Å². The molecule has 2 amide bonds. The zero-order valence-corrected chi connectivity index (χ0v) is 9.16. The van der Waals surface area contributed by atoms with Gasteiger partial charge >= 0.3 is 6.03 Å². The monoisotopic (exact) mass is 262 g/mol. The Labute approximate surface area is 87.2 Å². The van der Waals surface area contributed by atoms with Gasteiger partial charge in [-0.2, -0.15) is 0 Å². The van der Waals surface area contributed by atoms with Crippen LogP contribution in [-0.2, 0) is 0 Å². The number of primary amides is 1. The van der Waals surface area contributed by atoms with E-state index in [4.69, 9.17) is 5.73 Å². The Morgan fingerprint density at radius 1 is 1.62 bits per heavy atom. The standard InChI is InChI=1S/C7H7BrN2O2S/c1-3(11)4-2-5(8)13-6(4)10-7(9)12/h2H,1H3,(H3,9,10,12). The Morgan fingerprint density at radius 2 is 2.23 bits per heavy atom. The summed E-state index contributed by atoms with van der Waals surface area (Å²) < 4.78 is 0.779. The summed E-state index contributed by atoms with van der Waals surface area (Å²) in [5.74, 6) is -0.106. The molecule has 4 nitrogen and oxygen atoms in total. The summed E-state index contributed by atoms with van der Waals surface area (Å²) >= 11 is 4.47. The summed E-state index contributed by atoms with van der Waals surface area (Å²) in [7, 11) is 0. The zero-order valence-electron chi connectivity index (χ0n) is 6.76. The van der Waals surface area contributed by atoms with Crippen molar-refractivity contribution in [2.45, 2.75) is 6.92 Å². The fourth-order valence-electron chi connectivity index (χ4n) is 0.827. The number of carbonyl (C=O) groups excluding carboxylic acids is 2. The molecule has 0 atom stereocenters. The van der Waals surface area contributed by atoms with Crippen molar-refractivity contribution in [1.29, 1.82) is 0 Å². The maximum Gasteiger partial charge on any atom is 0.317 e. The summed E-state index contributed by atoms with van der Waals surface area (Å²) in [6.07, 6.45) is 0. The van der Waals surface area contributed by atoms with Gasteiger partial charge in [0.15, 0.2) is 5.78 Å². The Morgan fingerprint density at radius 3 is 2.69 bits per heavy atom. The highest BCUT2D eigenvalue weighted by molar-refractivity contribution is 9.11. The zero-order chi connectivity index (χ0) is 10.0. The second-order valence-electron chi connectivity index (χ2n) is 2.34. The molecule has 0 bridgehead atoms. The normalized spacial score (nSPS) is 9.69. The summed E-state index contributed by atoms with van der Waals surface area (Å²) in [5.41, 5.74) is 5.40. The number of urea groups is 1. The smallest absolute Gasteiger partial charge is 0.317 e. The lowest BCUT2D eigenvalue weighted by Crippen LogP contribution is -2.19. The van der Waals surface area contributed by atoms with E-state index >= 15 is 0 Å². The fourth-order valence-corrected chi connectivity index (χ4v) is 2.38. The van der Waals surface area contributed by atoms with Crippen LogP contribution in [0.5, 0.6) is 0 Å². The quantitative estimate of drug-likeness (QED) is 0.803. The summed E-state index contributed by atoms with van der Waals surface area (Å²) in [5, 5.41) is 2.86. The molecule has 0 saturated heterocycles. The van der Waals surface area contributed by atoms with Gasteiger partial charge < -0.3 is 5.73 Å². The highest BCUT2D eigenvalue weighted by atomic mass is 79.9. The van der Waals surface area contributed by atoms with Crippen molar-refractivity contribution in [3.63, 3.8) is 0 Å². The minimum absolute atomic E-state index is 0.106. The van der Waals surface area contributed by atoms with Gasteiger partial charge in [-0.25, -0.2) is 4.79 Å². The maximum atomic E-state index is 11.1. The van der Waals surface area contributed by atoms with Gasteiger partial charge in [0, 0.05) is 0 Å². The second kappa shape index (κ2) is 3.89. The van der Waals surface area contributed by atoms with Crippen molar-refractivity contribution in [1.82, 2.24) is 0 Å². The Kier molecular flexibility index (Phi) is 3.05. The number of nitrogens with two attached hydrogens (primary N) is 1. The van der Waals surface area contributed by atoms with Crippen molar-refractivity contribution in [3.05, 3.63) is 15.4 Å². The molecular weight excluding hydrogens is 256 g/mol. The Bertz CT molecular complexity index is 361. The first-order chi connectivity index (χ1) is 6.00. The molecule has 1 heterocycles.